The minimum atomic E-state index is -1.12. The highest BCUT2D eigenvalue weighted by Gasteiger charge is 2.08. The van der Waals surface area contributed by atoms with Crippen molar-refractivity contribution in [1.82, 2.24) is 30.5 Å². The van der Waals surface area contributed by atoms with Gasteiger partial charge in [-0.1, -0.05) is 12.1 Å². The predicted molar refractivity (Wildman–Crippen MR) is 71.6 cm³/mol. The van der Waals surface area contributed by atoms with Gasteiger partial charge in [0, 0.05) is 19.6 Å². The van der Waals surface area contributed by atoms with Gasteiger partial charge in [0.2, 0.25) is 0 Å². The highest BCUT2D eigenvalue weighted by molar-refractivity contribution is 5.84. The van der Waals surface area contributed by atoms with Gasteiger partial charge in [-0.3, -0.25) is 0 Å². The number of nitrogens with one attached hydrogen (secondary N) is 2. The van der Waals surface area contributed by atoms with Crippen LogP contribution in [0.3, 0.4) is 0 Å². The van der Waals surface area contributed by atoms with E-state index >= 15 is 0 Å². The molecule has 0 aliphatic heterocycles. The van der Waals surface area contributed by atoms with E-state index in [4.69, 9.17) is 5.11 Å². The van der Waals surface area contributed by atoms with E-state index in [1.165, 1.54) is 10.9 Å². The maximum absolute atomic E-state index is 11.4. The summed E-state index contributed by atoms with van der Waals surface area (Å²) in [6.45, 7) is 5.04. The molecule has 0 fully saturated rings. The molecule has 9 nitrogen and oxygen atoms in total. The Hall–Kier alpha value is -2.16. The molecule has 0 aliphatic carbocycles. The lowest BCUT2D eigenvalue weighted by atomic mass is 10.5. The first-order valence-corrected chi connectivity index (χ1v) is 6.36. The smallest absolute Gasteiger partial charge is 0.358 e. The summed E-state index contributed by atoms with van der Waals surface area (Å²) in [5, 5.41) is 21.2. The monoisotopic (exact) mass is 284 g/mol. The summed E-state index contributed by atoms with van der Waals surface area (Å²) in [6.07, 6.45) is 1.32. The summed E-state index contributed by atoms with van der Waals surface area (Å²) in [5.74, 6) is -1.12. The van der Waals surface area contributed by atoms with Crippen molar-refractivity contribution in [3.63, 3.8) is 0 Å². The van der Waals surface area contributed by atoms with Gasteiger partial charge in [0.15, 0.2) is 5.69 Å². The highest BCUT2D eigenvalue weighted by Crippen LogP contribution is 1.91. The molecule has 0 saturated carbocycles. The molecule has 1 heterocycles. The second kappa shape index (κ2) is 8.10. The van der Waals surface area contributed by atoms with Crippen LogP contribution in [0.5, 0.6) is 0 Å². The summed E-state index contributed by atoms with van der Waals surface area (Å²) < 4.78 is 1.37. The Morgan fingerprint density at radius 3 is 2.70 bits per heavy atom. The third-order valence-electron chi connectivity index (χ3n) is 2.70. The first-order chi connectivity index (χ1) is 9.52. The number of likely N-dealkylation sites (N-methyl/N-ethyl adjacent to an activating group) is 1. The number of hydrogen-bond acceptors (Lipinski definition) is 5. The van der Waals surface area contributed by atoms with Gasteiger partial charge in [0.05, 0.1) is 12.7 Å². The molecule has 1 aromatic heterocycles. The zero-order valence-electron chi connectivity index (χ0n) is 11.7. The predicted octanol–water partition coefficient (Wildman–Crippen LogP) is -0.773. The summed E-state index contributed by atoms with van der Waals surface area (Å²) in [6, 6.07) is -0.256. The lowest BCUT2D eigenvalue weighted by Gasteiger charge is -2.14. The van der Waals surface area contributed by atoms with Gasteiger partial charge in [-0.2, -0.15) is 0 Å². The zero-order valence-corrected chi connectivity index (χ0v) is 11.7. The normalized spacial score (nSPS) is 10.6. The van der Waals surface area contributed by atoms with E-state index in [1.807, 2.05) is 14.0 Å². The number of hydrogen-bond donors (Lipinski definition) is 3. The van der Waals surface area contributed by atoms with Crippen LogP contribution < -0.4 is 10.6 Å². The van der Waals surface area contributed by atoms with E-state index in [2.05, 4.69) is 25.8 Å². The number of amides is 2. The number of aromatic carboxylic acids is 1. The number of aromatic nitrogens is 3. The minimum Gasteiger partial charge on any atom is -0.476 e. The zero-order chi connectivity index (χ0) is 15.0. The van der Waals surface area contributed by atoms with Gasteiger partial charge in [0.25, 0.3) is 0 Å². The molecule has 1 aromatic rings. The molecule has 3 N–H and O–H groups in total. The number of carbonyl (C=O) groups excluding carboxylic acids is 1. The molecule has 2 amide bonds. The molecule has 1 rings (SSSR count). The Labute approximate surface area is 116 Å². The summed E-state index contributed by atoms with van der Waals surface area (Å²) in [5.41, 5.74) is -0.114. The fourth-order valence-electron chi connectivity index (χ4n) is 1.37. The molecule has 112 valence electrons. The van der Waals surface area contributed by atoms with Crippen LogP contribution in [0.15, 0.2) is 6.20 Å². The average molecular weight is 284 g/mol. The fraction of sp³-hybridized carbons (Fsp3) is 0.636. The maximum Gasteiger partial charge on any atom is 0.358 e. The molecule has 0 saturated heterocycles. The van der Waals surface area contributed by atoms with E-state index in [1.54, 1.807) is 0 Å². The van der Waals surface area contributed by atoms with Crippen LogP contribution in [0.1, 0.15) is 17.4 Å². The van der Waals surface area contributed by atoms with Crippen molar-refractivity contribution in [2.24, 2.45) is 0 Å². The van der Waals surface area contributed by atoms with Crippen LogP contribution in [0.25, 0.3) is 0 Å². The molecule has 9 heteroatoms. The molecule has 0 spiro atoms. The van der Waals surface area contributed by atoms with Crippen LogP contribution >= 0.6 is 0 Å². The number of rotatable bonds is 8. The van der Waals surface area contributed by atoms with Crippen molar-refractivity contribution in [3.05, 3.63) is 11.9 Å². The van der Waals surface area contributed by atoms with E-state index in [9.17, 15) is 9.59 Å². The van der Waals surface area contributed by atoms with Crippen molar-refractivity contribution in [1.29, 1.82) is 0 Å². The minimum absolute atomic E-state index is 0.114. The summed E-state index contributed by atoms with van der Waals surface area (Å²) in [4.78, 5) is 24.1. The number of carboxylic acids is 1. The Morgan fingerprint density at radius 1 is 1.40 bits per heavy atom. The summed E-state index contributed by atoms with van der Waals surface area (Å²) >= 11 is 0. The number of urea groups is 1. The largest absolute Gasteiger partial charge is 0.476 e. The number of carboxylic acid groups (broad SMARTS) is 1. The van der Waals surface area contributed by atoms with Gasteiger partial charge in [-0.25, -0.2) is 14.3 Å². The third kappa shape index (κ3) is 5.65. The first-order valence-electron chi connectivity index (χ1n) is 6.36. The third-order valence-corrected chi connectivity index (χ3v) is 2.70. The Bertz CT molecular complexity index is 447. The lowest BCUT2D eigenvalue weighted by Crippen LogP contribution is -2.40. The second-order valence-corrected chi connectivity index (χ2v) is 4.25. The van der Waals surface area contributed by atoms with Crippen LogP contribution in [-0.4, -0.2) is 70.2 Å². The van der Waals surface area contributed by atoms with E-state index < -0.39 is 5.97 Å². The van der Waals surface area contributed by atoms with Gasteiger partial charge in [-0.15, -0.1) is 5.10 Å². The Morgan fingerprint density at radius 2 is 2.10 bits per heavy atom. The molecule has 0 aliphatic rings. The average Bonchev–Trinajstić information content (AvgIpc) is 2.87. The van der Waals surface area contributed by atoms with Crippen molar-refractivity contribution in [2.45, 2.75) is 13.5 Å². The van der Waals surface area contributed by atoms with Crippen molar-refractivity contribution in [3.8, 4) is 0 Å². The summed E-state index contributed by atoms with van der Waals surface area (Å²) in [7, 11) is 1.98. The number of nitrogens with zero attached hydrogens (tertiary/aromatic N) is 4. The number of carbonyl (C=O) groups is 2. The van der Waals surface area contributed by atoms with Crippen LogP contribution in [-0.2, 0) is 6.54 Å². The van der Waals surface area contributed by atoms with E-state index in [0.717, 1.165) is 13.1 Å². The molecule has 0 aromatic carbocycles. The molecule has 0 atom stereocenters. The molecule has 0 bridgehead atoms. The quantitative estimate of drug-likeness (QED) is 0.577. The topological polar surface area (TPSA) is 112 Å². The molecule has 20 heavy (non-hydrogen) atoms. The van der Waals surface area contributed by atoms with Crippen LogP contribution in [0.4, 0.5) is 4.79 Å². The molecule has 0 radical (unpaired) electrons. The van der Waals surface area contributed by atoms with Crippen molar-refractivity contribution >= 4 is 12.0 Å². The Balaban J connectivity index is 2.16. The molecule has 0 unspecified atom stereocenters. The lowest BCUT2D eigenvalue weighted by molar-refractivity contribution is 0.0690. The van der Waals surface area contributed by atoms with E-state index in [0.29, 0.717) is 19.6 Å². The van der Waals surface area contributed by atoms with Gasteiger partial charge >= 0.3 is 12.0 Å². The van der Waals surface area contributed by atoms with Crippen LogP contribution in [0, 0.1) is 0 Å². The van der Waals surface area contributed by atoms with Crippen molar-refractivity contribution in [2.75, 3.05) is 33.2 Å². The fourth-order valence-corrected chi connectivity index (χ4v) is 1.37. The van der Waals surface area contributed by atoms with Gasteiger partial charge < -0.3 is 20.6 Å². The van der Waals surface area contributed by atoms with Gasteiger partial charge in [-0.05, 0) is 13.6 Å². The highest BCUT2D eigenvalue weighted by atomic mass is 16.4. The van der Waals surface area contributed by atoms with E-state index in [-0.39, 0.29) is 11.7 Å². The molecular formula is C11H20N6O3. The SMILES string of the molecule is CCN(C)CCNC(=O)NCCn1cc(C(=O)O)nn1. The maximum atomic E-state index is 11.4. The first kappa shape index (κ1) is 15.9. The second-order valence-electron chi connectivity index (χ2n) is 4.25. The molecular weight excluding hydrogens is 264 g/mol. The Kier molecular flexibility index (Phi) is 6.44. The van der Waals surface area contributed by atoms with Crippen molar-refractivity contribution < 1.29 is 14.7 Å². The standard InChI is InChI=1S/C11H20N6O3/c1-3-16(2)6-4-12-11(20)13-5-7-17-8-9(10(18)19)14-15-17/h8H,3-7H2,1-2H3,(H,18,19)(H2,12,13,20). The van der Waals surface area contributed by atoms with Gasteiger partial charge in [0.1, 0.15) is 0 Å². The van der Waals surface area contributed by atoms with Crippen LogP contribution in [0.2, 0.25) is 0 Å².